The number of halogens is 1. The molecule has 1 atom stereocenters. The highest BCUT2D eigenvalue weighted by molar-refractivity contribution is 7.22. The number of fused-ring (bicyclic) bond motifs is 2. The van der Waals surface area contributed by atoms with E-state index in [0.717, 1.165) is 6.54 Å². The SMILES string of the molecule is C[NH+](C)CCN(C(=O)[C@@H]1COc2ccccc2O1)c1nc2ccc(F)cc2s1. The Hall–Kier alpha value is -2.71. The van der Waals surface area contributed by atoms with Crippen LogP contribution in [0.2, 0.25) is 0 Å². The van der Waals surface area contributed by atoms with Crippen LogP contribution in [0, 0.1) is 5.82 Å². The van der Waals surface area contributed by atoms with E-state index in [1.165, 1.54) is 28.4 Å². The number of hydrogen-bond donors (Lipinski definition) is 1. The van der Waals surface area contributed by atoms with Crippen LogP contribution in [0.5, 0.6) is 11.5 Å². The molecule has 3 aromatic rings. The molecule has 1 aliphatic heterocycles. The quantitative estimate of drug-likeness (QED) is 0.707. The second-order valence-electron chi connectivity index (χ2n) is 6.92. The lowest BCUT2D eigenvalue weighted by atomic mass is 10.2. The highest BCUT2D eigenvalue weighted by Gasteiger charge is 2.33. The molecule has 0 saturated carbocycles. The van der Waals surface area contributed by atoms with Crippen LogP contribution in [0.15, 0.2) is 42.5 Å². The molecule has 1 N–H and O–H groups in total. The Kier molecular flexibility index (Phi) is 5.15. The van der Waals surface area contributed by atoms with Crippen LogP contribution in [0.3, 0.4) is 0 Å². The lowest BCUT2D eigenvalue weighted by Crippen LogP contribution is -3.06. The lowest BCUT2D eigenvalue weighted by Gasteiger charge is -2.29. The van der Waals surface area contributed by atoms with Crippen LogP contribution < -0.4 is 19.3 Å². The Balaban J connectivity index is 1.62. The number of hydrogen-bond acceptors (Lipinski definition) is 5. The maximum atomic E-state index is 13.5. The fraction of sp³-hybridized carbons (Fsp3) is 0.300. The predicted molar refractivity (Wildman–Crippen MR) is 106 cm³/mol. The van der Waals surface area contributed by atoms with Crippen molar-refractivity contribution in [3.63, 3.8) is 0 Å². The van der Waals surface area contributed by atoms with Gasteiger partial charge in [-0.1, -0.05) is 23.5 Å². The number of benzene rings is 2. The summed E-state index contributed by atoms with van der Waals surface area (Å²) in [6.07, 6.45) is -0.754. The van der Waals surface area contributed by atoms with E-state index in [9.17, 15) is 9.18 Å². The highest BCUT2D eigenvalue weighted by atomic mass is 32.1. The van der Waals surface area contributed by atoms with Gasteiger partial charge in [-0.2, -0.15) is 0 Å². The zero-order chi connectivity index (χ0) is 19.7. The molecule has 6 nitrogen and oxygen atoms in total. The van der Waals surface area contributed by atoms with Gasteiger partial charge in [0.1, 0.15) is 12.4 Å². The average Bonchev–Trinajstić information content (AvgIpc) is 3.10. The number of ether oxygens (including phenoxy) is 2. The van der Waals surface area contributed by atoms with Crippen molar-refractivity contribution in [2.75, 3.05) is 38.7 Å². The number of amides is 1. The normalized spacial score (nSPS) is 15.8. The molecule has 0 bridgehead atoms. The molecule has 0 saturated heterocycles. The van der Waals surface area contributed by atoms with E-state index in [1.807, 2.05) is 32.3 Å². The minimum absolute atomic E-state index is 0.140. The molecule has 0 unspecified atom stereocenters. The molecule has 0 radical (unpaired) electrons. The number of nitrogens with one attached hydrogen (secondary N) is 1. The third-order valence-corrected chi connectivity index (χ3v) is 5.50. The first-order chi connectivity index (χ1) is 13.5. The maximum Gasteiger partial charge on any atom is 0.273 e. The van der Waals surface area contributed by atoms with Crippen molar-refractivity contribution >= 4 is 32.6 Å². The summed E-state index contributed by atoms with van der Waals surface area (Å²) in [5.41, 5.74) is 0.669. The Morgan fingerprint density at radius 1 is 1.29 bits per heavy atom. The van der Waals surface area contributed by atoms with E-state index in [2.05, 4.69) is 4.98 Å². The highest BCUT2D eigenvalue weighted by Crippen LogP contribution is 2.33. The van der Waals surface area contributed by atoms with Crippen LogP contribution in [0.4, 0.5) is 9.52 Å². The Labute approximate surface area is 166 Å². The number of aromatic nitrogens is 1. The van der Waals surface area contributed by atoms with Gasteiger partial charge in [-0.15, -0.1) is 0 Å². The van der Waals surface area contributed by atoms with Crippen LogP contribution in [-0.4, -0.2) is 50.8 Å². The van der Waals surface area contributed by atoms with Gasteiger partial charge >= 0.3 is 0 Å². The number of quaternary nitrogens is 1. The minimum Gasteiger partial charge on any atom is -0.485 e. The summed E-state index contributed by atoms with van der Waals surface area (Å²) in [6.45, 7) is 1.35. The third-order valence-electron chi connectivity index (χ3n) is 4.46. The predicted octanol–water partition coefficient (Wildman–Crippen LogP) is 1.75. The van der Waals surface area contributed by atoms with Gasteiger partial charge in [-0.25, -0.2) is 9.37 Å². The monoisotopic (exact) mass is 402 g/mol. The fourth-order valence-electron chi connectivity index (χ4n) is 2.95. The summed E-state index contributed by atoms with van der Waals surface area (Å²) in [5, 5.41) is 0.536. The van der Waals surface area contributed by atoms with Gasteiger partial charge < -0.3 is 14.4 Å². The minimum atomic E-state index is -0.754. The van der Waals surface area contributed by atoms with Crippen molar-refractivity contribution in [1.82, 2.24) is 4.98 Å². The first-order valence-corrected chi connectivity index (χ1v) is 9.88. The van der Waals surface area contributed by atoms with E-state index >= 15 is 0 Å². The summed E-state index contributed by atoms with van der Waals surface area (Å²) in [7, 11) is 4.04. The Morgan fingerprint density at radius 2 is 2.07 bits per heavy atom. The number of anilines is 1. The van der Waals surface area contributed by atoms with Crippen molar-refractivity contribution in [2.45, 2.75) is 6.10 Å². The number of carbonyl (C=O) groups excluding carboxylic acids is 1. The van der Waals surface area contributed by atoms with Gasteiger partial charge in [-0.05, 0) is 30.3 Å². The van der Waals surface area contributed by atoms with Gasteiger partial charge in [0.15, 0.2) is 16.6 Å². The molecule has 1 aliphatic rings. The van der Waals surface area contributed by atoms with E-state index in [0.29, 0.717) is 33.4 Å². The van der Waals surface area contributed by atoms with Gasteiger partial charge in [0.2, 0.25) is 6.10 Å². The molecule has 0 fully saturated rings. The van der Waals surface area contributed by atoms with Gasteiger partial charge in [-0.3, -0.25) is 9.69 Å². The molecule has 8 heteroatoms. The van der Waals surface area contributed by atoms with Crippen molar-refractivity contribution < 1.29 is 23.6 Å². The van der Waals surface area contributed by atoms with E-state index < -0.39 is 6.10 Å². The molecule has 2 heterocycles. The topological polar surface area (TPSA) is 56.1 Å². The lowest BCUT2D eigenvalue weighted by molar-refractivity contribution is -0.856. The van der Waals surface area contributed by atoms with Crippen LogP contribution in [-0.2, 0) is 4.79 Å². The van der Waals surface area contributed by atoms with E-state index in [-0.39, 0.29) is 18.3 Å². The number of rotatable bonds is 5. The van der Waals surface area contributed by atoms with E-state index in [4.69, 9.17) is 9.47 Å². The molecule has 1 amide bonds. The first kappa shape index (κ1) is 18.6. The number of carbonyl (C=O) groups is 1. The summed E-state index contributed by atoms with van der Waals surface area (Å²) in [5.74, 6) is 0.650. The van der Waals surface area contributed by atoms with Crippen molar-refractivity contribution in [3.05, 3.63) is 48.3 Å². The Morgan fingerprint density at radius 3 is 2.86 bits per heavy atom. The molecule has 1 aromatic heterocycles. The van der Waals surface area contributed by atoms with Crippen LogP contribution in [0.1, 0.15) is 0 Å². The molecule has 2 aromatic carbocycles. The summed E-state index contributed by atoms with van der Waals surface area (Å²) < 4.78 is 25.8. The fourth-order valence-corrected chi connectivity index (χ4v) is 3.97. The molecule has 4 rings (SSSR count). The number of nitrogens with zero attached hydrogens (tertiary/aromatic N) is 2. The van der Waals surface area contributed by atoms with Gasteiger partial charge in [0.25, 0.3) is 5.91 Å². The summed E-state index contributed by atoms with van der Waals surface area (Å²) >= 11 is 1.30. The van der Waals surface area contributed by atoms with Crippen LogP contribution in [0.25, 0.3) is 10.2 Å². The van der Waals surface area contributed by atoms with Gasteiger partial charge in [0, 0.05) is 0 Å². The van der Waals surface area contributed by atoms with E-state index in [1.54, 1.807) is 17.0 Å². The Bertz CT molecular complexity index is 1010. The van der Waals surface area contributed by atoms with Gasteiger partial charge in [0.05, 0.1) is 37.4 Å². The molecule has 146 valence electrons. The summed E-state index contributed by atoms with van der Waals surface area (Å²) in [6, 6.07) is 11.7. The molecule has 0 aliphatic carbocycles. The first-order valence-electron chi connectivity index (χ1n) is 9.06. The smallest absolute Gasteiger partial charge is 0.273 e. The molecular formula is C20H21FN3O3S+. The van der Waals surface area contributed by atoms with Crippen molar-refractivity contribution in [1.29, 1.82) is 0 Å². The average molecular weight is 402 g/mol. The maximum absolute atomic E-state index is 13.5. The molecule has 0 spiro atoms. The largest absolute Gasteiger partial charge is 0.485 e. The number of thiazole rings is 1. The second-order valence-corrected chi connectivity index (χ2v) is 7.93. The standard InChI is InChI=1S/C20H20FN3O3S/c1-23(2)9-10-24(20-22-14-8-7-13(21)11-18(14)28-20)19(25)17-12-26-15-5-3-4-6-16(15)27-17/h3-8,11,17H,9-10,12H2,1-2H3/p+1/t17-/m0/s1. The molecule has 28 heavy (non-hydrogen) atoms. The van der Waals surface area contributed by atoms with Crippen molar-refractivity contribution in [3.8, 4) is 11.5 Å². The second kappa shape index (κ2) is 7.73. The molecular weight excluding hydrogens is 381 g/mol. The zero-order valence-electron chi connectivity index (χ0n) is 15.6. The number of likely N-dealkylation sites (N-methyl/N-ethyl adjacent to an activating group) is 1. The number of para-hydroxylation sites is 2. The summed E-state index contributed by atoms with van der Waals surface area (Å²) in [4.78, 5) is 20.6. The van der Waals surface area contributed by atoms with Crippen molar-refractivity contribution in [2.24, 2.45) is 0 Å². The van der Waals surface area contributed by atoms with Crippen LogP contribution >= 0.6 is 11.3 Å². The third kappa shape index (κ3) is 3.79. The zero-order valence-corrected chi connectivity index (χ0v) is 16.5.